The van der Waals surface area contributed by atoms with Crippen molar-refractivity contribution in [3.8, 4) is 0 Å². The van der Waals surface area contributed by atoms with Crippen molar-refractivity contribution < 1.29 is 9.53 Å². The Hall–Kier alpha value is -1.43. The molecule has 76 valence electrons. The maximum absolute atomic E-state index is 11.4. The van der Waals surface area contributed by atoms with E-state index in [9.17, 15) is 4.79 Å². The predicted molar refractivity (Wildman–Crippen MR) is 47.7 cm³/mol. The number of hydrogen-bond donors (Lipinski definition) is 2. The van der Waals surface area contributed by atoms with Crippen molar-refractivity contribution in [1.82, 2.24) is 20.7 Å². The van der Waals surface area contributed by atoms with E-state index < -0.39 is 0 Å². The molecule has 1 aliphatic heterocycles. The van der Waals surface area contributed by atoms with Crippen LogP contribution in [0, 0.1) is 0 Å². The van der Waals surface area contributed by atoms with Gasteiger partial charge in [0, 0.05) is 13.2 Å². The summed E-state index contributed by atoms with van der Waals surface area (Å²) in [4.78, 5) is 11.4. The summed E-state index contributed by atoms with van der Waals surface area (Å²) in [5.41, 5.74) is 0.308. The standard InChI is InChI=1S/C8H12N4O2/c13-8(7-5-10-12-11-7)9-4-6-2-1-3-14-6/h5-6H,1-4H2,(H,9,13)(H,10,11,12). The van der Waals surface area contributed by atoms with Gasteiger partial charge >= 0.3 is 0 Å². The summed E-state index contributed by atoms with van der Waals surface area (Å²) in [6.07, 6.45) is 3.64. The zero-order chi connectivity index (χ0) is 9.80. The van der Waals surface area contributed by atoms with E-state index >= 15 is 0 Å². The average molecular weight is 196 g/mol. The molecule has 1 aliphatic rings. The fraction of sp³-hybridized carbons (Fsp3) is 0.625. The summed E-state index contributed by atoms with van der Waals surface area (Å²) in [6, 6.07) is 0. The second-order valence-electron chi connectivity index (χ2n) is 3.20. The Labute approximate surface area is 81.0 Å². The Morgan fingerprint density at radius 2 is 2.71 bits per heavy atom. The summed E-state index contributed by atoms with van der Waals surface area (Å²) in [6.45, 7) is 1.34. The molecule has 1 aromatic rings. The molecule has 0 bridgehead atoms. The van der Waals surface area contributed by atoms with E-state index in [0.717, 1.165) is 19.4 Å². The largest absolute Gasteiger partial charge is 0.376 e. The number of carbonyl (C=O) groups is 1. The number of aromatic nitrogens is 3. The zero-order valence-corrected chi connectivity index (χ0v) is 7.69. The molecular formula is C8H12N4O2. The first-order valence-corrected chi connectivity index (χ1v) is 4.62. The van der Waals surface area contributed by atoms with Gasteiger partial charge in [-0.25, -0.2) is 0 Å². The number of nitrogens with zero attached hydrogens (tertiary/aromatic N) is 2. The normalized spacial score (nSPS) is 21.0. The maximum Gasteiger partial charge on any atom is 0.273 e. The number of ether oxygens (including phenoxy) is 1. The van der Waals surface area contributed by atoms with E-state index in [1.807, 2.05) is 0 Å². The van der Waals surface area contributed by atoms with Gasteiger partial charge < -0.3 is 10.1 Å². The zero-order valence-electron chi connectivity index (χ0n) is 7.69. The molecule has 0 aromatic carbocycles. The van der Waals surface area contributed by atoms with Gasteiger partial charge in [0.1, 0.15) is 0 Å². The summed E-state index contributed by atoms with van der Waals surface area (Å²) < 4.78 is 5.36. The van der Waals surface area contributed by atoms with Gasteiger partial charge in [-0.1, -0.05) is 0 Å². The molecule has 6 heteroatoms. The number of H-pyrrole nitrogens is 1. The van der Waals surface area contributed by atoms with E-state index in [2.05, 4.69) is 20.7 Å². The number of nitrogens with one attached hydrogen (secondary N) is 2. The van der Waals surface area contributed by atoms with Crippen LogP contribution in [0.5, 0.6) is 0 Å². The van der Waals surface area contributed by atoms with Gasteiger partial charge in [0.15, 0.2) is 5.69 Å². The van der Waals surface area contributed by atoms with Gasteiger partial charge in [-0.15, -0.1) is 0 Å². The van der Waals surface area contributed by atoms with Crippen LogP contribution in [0.25, 0.3) is 0 Å². The third kappa shape index (κ3) is 2.08. The summed E-state index contributed by atoms with van der Waals surface area (Å²) in [5, 5.41) is 12.4. The fourth-order valence-electron chi connectivity index (χ4n) is 1.41. The maximum atomic E-state index is 11.4. The second-order valence-corrected chi connectivity index (χ2v) is 3.20. The van der Waals surface area contributed by atoms with Crippen molar-refractivity contribution in [2.45, 2.75) is 18.9 Å². The van der Waals surface area contributed by atoms with Crippen LogP contribution in [0.4, 0.5) is 0 Å². The van der Waals surface area contributed by atoms with Crippen LogP contribution in [0.3, 0.4) is 0 Å². The van der Waals surface area contributed by atoms with Crippen LogP contribution < -0.4 is 5.32 Å². The molecule has 14 heavy (non-hydrogen) atoms. The second kappa shape index (κ2) is 4.19. The third-order valence-electron chi connectivity index (χ3n) is 2.16. The summed E-state index contributed by atoms with van der Waals surface area (Å²) >= 11 is 0. The van der Waals surface area contributed by atoms with Crippen LogP contribution in [-0.2, 0) is 4.74 Å². The van der Waals surface area contributed by atoms with E-state index in [0.29, 0.717) is 12.2 Å². The Balaban J connectivity index is 1.78. The Morgan fingerprint density at radius 1 is 1.79 bits per heavy atom. The molecular weight excluding hydrogens is 184 g/mol. The highest BCUT2D eigenvalue weighted by Crippen LogP contribution is 2.10. The van der Waals surface area contributed by atoms with E-state index in [-0.39, 0.29) is 12.0 Å². The molecule has 1 aromatic heterocycles. The van der Waals surface area contributed by atoms with Gasteiger partial charge in [0.25, 0.3) is 5.91 Å². The minimum atomic E-state index is -0.214. The quantitative estimate of drug-likeness (QED) is 0.696. The predicted octanol–water partition coefficient (Wildman–Crippen LogP) is -0.287. The number of rotatable bonds is 3. The lowest BCUT2D eigenvalue weighted by Gasteiger charge is -2.09. The molecule has 0 radical (unpaired) electrons. The van der Waals surface area contributed by atoms with Crippen molar-refractivity contribution in [3.05, 3.63) is 11.9 Å². The van der Waals surface area contributed by atoms with Crippen molar-refractivity contribution >= 4 is 5.91 Å². The number of aromatic amines is 1. The number of amides is 1. The number of hydrogen-bond acceptors (Lipinski definition) is 4. The lowest BCUT2D eigenvalue weighted by Crippen LogP contribution is -2.31. The van der Waals surface area contributed by atoms with Crippen molar-refractivity contribution in [1.29, 1.82) is 0 Å². The summed E-state index contributed by atoms with van der Waals surface area (Å²) in [5.74, 6) is -0.214. The topological polar surface area (TPSA) is 79.9 Å². The molecule has 1 saturated heterocycles. The molecule has 1 amide bonds. The van der Waals surface area contributed by atoms with E-state index in [4.69, 9.17) is 4.74 Å². The van der Waals surface area contributed by atoms with Crippen molar-refractivity contribution in [2.75, 3.05) is 13.2 Å². The molecule has 1 fully saturated rings. The van der Waals surface area contributed by atoms with Crippen LogP contribution in [0.1, 0.15) is 23.3 Å². The molecule has 2 rings (SSSR count). The minimum absolute atomic E-state index is 0.158. The van der Waals surface area contributed by atoms with Gasteiger partial charge in [0.2, 0.25) is 0 Å². The van der Waals surface area contributed by atoms with Crippen molar-refractivity contribution in [2.24, 2.45) is 0 Å². The molecule has 1 atom stereocenters. The van der Waals surface area contributed by atoms with Gasteiger partial charge in [-0.3, -0.25) is 4.79 Å². The highest BCUT2D eigenvalue weighted by Gasteiger charge is 2.17. The average Bonchev–Trinajstić information content (AvgIpc) is 2.87. The summed E-state index contributed by atoms with van der Waals surface area (Å²) in [7, 11) is 0. The first kappa shape index (κ1) is 9.14. The molecule has 0 saturated carbocycles. The number of carbonyl (C=O) groups excluding carboxylic acids is 1. The smallest absolute Gasteiger partial charge is 0.273 e. The Kier molecular flexibility index (Phi) is 2.73. The fourth-order valence-corrected chi connectivity index (χ4v) is 1.41. The SMILES string of the molecule is O=C(NCC1CCCO1)c1cn[nH]n1. The molecule has 2 N–H and O–H groups in total. The molecule has 0 spiro atoms. The van der Waals surface area contributed by atoms with Crippen LogP contribution in [0.15, 0.2) is 6.20 Å². The highest BCUT2D eigenvalue weighted by atomic mass is 16.5. The lowest BCUT2D eigenvalue weighted by molar-refractivity contribution is 0.0853. The van der Waals surface area contributed by atoms with Crippen LogP contribution in [-0.4, -0.2) is 40.6 Å². The van der Waals surface area contributed by atoms with Crippen molar-refractivity contribution in [3.63, 3.8) is 0 Å². The Bertz CT molecular complexity index is 292. The lowest BCUT2D eigenvalue weighted by atomic mass is 10.2. The highest BCUT2D eigenvalue weighted by molar-refractivity contribution is 5.91. The van der Waals surface area contributed by atoms with Crippen LogP contribution >= 0.6 is 0 Å². The van der Waals surface area contributed by atoms with E-state index in [1.165, 1.54) is 6.20 Å². The van der Waals surface area contributed by atoms with Gasteiger partial charge in [-0.2, -0.15) is 15.4 Å². The molecule has 1 unspecified atom stereocenters. The first-order chi connectivity index (χ1) is 6.86. The minimum Gasteiger partial charge on any atom is -0.376 e. The van der Waals surface area contributed by atoms with Gasteiger partial charge in [-0.05, 0) is 12.8 Å². The Morgan fingerprint density at radius 3 is 3.36 bits per heavy atom. The third-order valence-corrected chi connectivity index (χ3v) is 2.16. The molecule has 0 aliphatic carbocycles. The van der Waals surface area contributed by atoms with Gasteiger partial charge in [0.05, 0.1) is 12.3 Å². The monoisotopic (exact) mass is 196 g/mol. The van der Waals surface area contributed by atoms with E-state index in [1.54, 1.807) is 0 Å². The molecule has 6 nitrogen and oxygen atoms in total. The van der Waals surface area contributed by atoms with Crippen LogP contribution in [0.2, 0.25) is 0 Å². The first-order valence-electron chi connectivity index (χ1n) is 4.62. The molecule has 2 heterocycles.